The van der Waals surface area contributed by atoms with E-state index in [1.807, 2.05) is 42.5 Å². The van der Waals surface area contributed by atoms with Crippen LogP contribution in [0.5, 0.6) is 0 Å². The molecule has 2 aromatic carbocycles. The molecule has 4 nitrogen and oxygen atoms in total. The van der Waals surface area contributed by atoms with Crippen LogP contribution in [0.3, 0.4) is 0 Å². The first kappa shape index (κ1) is 22.4. The number of halogens is 2. The number of benzene rings is 2. The van der Waals surface area contributed by atoms with Gasteiger partial charge < -0.3 is 10.2 Å². The molecule has 0 saturated carbocycles. The maximum atomic E-state index is 13.1. The zero-order valence-electron chi connectivity index (χ0n) is 16.3. The van der Waals surface area contributed by atoms with Crippen LogP contribution in [-0.4, -0.2) is 29.3 Å². The van der Waals surface area contributed by atoms with Crippen molar-refractivity contribution in [1.29, 1.82) is 0 Å². The number of nitrogens with zero attached hydrogens (tertiary/aromatic N) is 1. The van der Waals surface area contributed by atoms with Crippen LogP contribution in [0.4, 0.5) is 0 Å². The van der Waals surface area contributed by atoms with Crippen LogP contribution in [-0.2, 0) is 22.6 Å². The minimum atomic E-state index is -0.574. The molecule has 2 amide bonds. The second-order valence-corrected chi connectivity index (χ2v) is 8.06. The average Bonchev–Trinajstić information content (AvgIpc) is 2.68. The maximum Gasteiger partial charge on any atom is 0.242 e. The van der Waals surface area contributed by atoms with E-state index in [4.69, 9.17) is 11.6 Å². The lowest BCUT2D eigenvalue weighted by molar-refractivity contribution is -0.140. The molecule has 0 aromatic heterocycles. The Kier molecular flexibility index (Phi) is 9.00. The first-order valence-electron chi connectivity index (χ1n) is 9.47. The minimum Gasteiger partial charge on any atom is -0.354 e. The van der Waals surface area contributed by atoms with E-state index in [0.29, 0.717) is 18.1 Å². The molecule has 150 valence electrons. The summed E-state index contributed by atoms with van der Waals surface area (Å²) < 4.78 is 0.968. The molecule has 0 aliphatic carbocycles. The quantitative estimate of drug-likeness (QED) is 0.531. The third-order valence-electron chi connectivity index (χ3n) is 4.56. The van der Waals surface area contributed by atoms with Crippen molar-refractivity contribution in [3.63, 3.8) is 0 Å². The molecule has 0 saturated heterocycles. The van der Waals surface area contributed by atoms with Crippen molar-refractivity contribution in [3.05, 3.63) is 69.2 Å². The van der Waals surface area contributed by atoms with Crippen LogP contribution in [0.15, 0.2) is 53.0 Å². The third kappa shape index (κ3) is 6.64. The predicted octanol–water partition coefficient (Wildman–Crippen LogP) is 4.98. The summed E-state index contributed by atoms with van der Waals surface area (Å²) in [6.45, 7) is 4.82. The van der Waals surface area contributed by atoms with Gasteiger partial charge >= 0.3 is 0 Å². The Bertz CT molecular complexity index is 795. The number of carbonyl (C=O) groups is 2. The molecule has 2 aromatic rings. The monoisotopic (exact) mass is 464 g/mol. The molecule has 2 rings (SSSR count). The topological polar surface area (TPSA) is 49.4 Å². The van der Waals surface area contributed by atoms with Gasteiger partial charge in [0.05, 0.1) is 6.42 Å². The molecule has 0 heterocycles. The Labute approximate surface area is 180 Å². The summed E-state index contributed by atoms with van der Waals surface area (Å²) >= 11 is 9.64. The third-order valence-corrected chi connectivity index (χ3v) is 5.46. The number of carbonyl (C=O) groups excluding carboxylic acids is 2. The fraction of sp³-hybridized carbons (Fsp3) is 0.364. The molecular formula is C22H26BrClN2O2. The van der Waals surface area contributed by atoms with E-state index in [9.17, 15) is 9.59 Å². The Morgan fingerprint density at radius 2 is 1.82 bits per heavy atom. The van der Waals surface area contributed by atoms with E-state index in [0.717, 1.165) is 28.4 Å². The summed E-state index contributed by atoms with van der Waals surface area (Å²) in [7, 11) is 0. The molecule has 0 aliphatic rings. The van der Waals surface area contributed by atoms with Crippen LogP contribution in [0.25, 0.3) is 0 Å². The maximum absolute atomic E-state index is 13.1. The summed E-state index contributed by atoms with van der Waals surface area (Å²) in [5.74, 6) is -0.271. The molecule has 1 N–H and O–H groups in total. The Morgan fingerprint density at radius 1 is 1.14 bits per heavy atom. The molecule has 28 heavy (non-hydrogen) atoms. The van der Waals surface area contributed by atoms with Crippen molar-refractivity contribution in [1.82, 2.24) is 10.2 Å². The highest BCUT2D eigenvalue weighted by molar-refractivity contribution is 9.10. The molecule has 6 heteroatoms. The van der Waals surface area contributed by atoms with Crippen molar-refractivity contribution in [3.8, 4) is 0 Å². The van der Waals surface area contributed by atoms with Gasteiger partial charge in [-0.1, -0.05) is 71.2 Å². The van der Waals surface area contributed by atoms with Crippen molar-refractivity contribution in [2.45, 2.75) is 45.7 Å². The number of hydrogen-bond donors (Lipinski definition) is 1. The molecule has 0 unspecified atom stereocenters. The second-order valence-electron chi connectivity index (χ2n) is 6.74. The summed E-state index contributed by atoms with van der Waals surface area (Å²) in [5.41, 5.74) is 1.72. The van der Waals surface area contributed by atoms with Crippen molar-refractivity contribution in [2.75, 3.05) is 6.54 Å². The standard InChI is InChI=1S/C22H26BrClN2O2/c1-3-4-13-25-22(28)16(2)26(15-17-9-11-19(23)12-10-17)21(27)14-18-7-5-6-8-20(18)24/h5-12,16H,3-4,13-15H2,1-2H3,(H,25,28)/t16-/m0/s1. The van der Waals surface area contributed by atoms with E-state index in [1.165, 1.54) is 0 Å². The molecule has 1 atom stereocenters. The van der Waals surface area contributed by atoms with Crippen LogP contribution in [0.1, 0.15) is 37.8 Å². The van der Waals surface area contributed by atoms with Crippen molar-refractivity contribution >= 4 is 39.3 Å². The zero-order chi connectivity index (χ0) is 20.5. The summed E-state index contributed by atoms with van der Waals surface area (Å²) in [6, 6.07) is 14.5. The van der Waals surface area contributed by atoms with E-state index in [-0.39, 0.29) is 18.2 Å². The van der Waals surface area contributed by atoms with Gasteiger partial charge in [0, 0.05) is 22.6 Å². The van der Waals surface area contributed by atoms with Gasteiger partial charge in [0.2, 0.25) is 11.8 Å². The highest BCUT2D eigenvalue weighted by Crippen LogP contribution is 2.19. The van der Waals surface area contributed by atoms with Gasteiger partial charge in [-0.05, 0) is 42.7 Å². The van der Waals surface area contributed by atoms with Crippen molar-refractivity contribution < 1.29 is 9.59 Å². The van der Waals surface area contributed by atoms with Gasteiger partial charge in [-0.3, -0.25) is 9.59 Å². The lowest BCUT2D eigenvalue weighted by Gasteiger charge is -2.29. The highest BCUT2D eigenvalue weighted by atomic mass is 79.9. The van der Waals surface area contributed by atoms with Gasteiger partial charge in [-0.15, -0.1) is 0 Å². The van der Waals surface area contributed by atoms with Gasteiger partial charge in [0.25, 0.3) is 0 Å². The number of nitrogens with one attached hydrogen (secondary N) is 1. The Balaban J connectivity index is 2.18. The molecule has 0 fully saturated rings. The predicted molar refractivity (Wildman–Crippen MR) is 117 cm³/mol. The van der Waals surface area contributed by atoms with Crippen LogP contribution in [0, 0.1) is 0 Å². The summed E-state index contributed by atoms with van der Waals surface area (Å²) in [5, 5.41) is 3.48. The first-order valence-corrected chi connectivity index (χ1v) is 10.6. The normalized spacial score (nSPS) is 11.7. The van der Waals surface area contributed by atoms with Gasteiger partial charge in [-0.25, -0.2) is 0 Å². The smallest absolute Gasteiger partial charge is 0.242 e. The molecule has 0 spiro atoms. The van der Waals surface area contributed by atoms with Gasteiger partial charge in [0.1, 0.15) is 6.04 Å². The van der Waals surface area contributed by atoms with E-state index in [2.05, 4.69) is 28.2 Å². The van der Waals surface area contributed by atoms with E-state index >= 15 is 0 Å². The minimum absolute atomic E-state index is 0.130. The molecular weight excluding hydrogens is 440 g/mol. The van der Waals surface area contributed by atoms with Crippen LogP contribution in [0.2, 0.25) is 5.02 Å². The number of unbranched alkanes of at least 4 members (excludes halogenated alkanes) is 1. The van der Waals surface area contributed by atoms with Crippen LogP contribution < -0.4 is 5.32 Å². The number of rotatable bonds is 9. The number of amides is 2. The molecule has 0 aliphatic heterocycles. The molecule has 0 radical (unpaired) electrons. The molecule has 0 bridgehead atoms. The largest absolute Gasteiger partial charge is 0.354 e. The van der Waals surface area contributed by atoms with E-state index < -0.39 is 6.04 Å². The fourth-order valence-electron chi connectivity index (χ4n) is 2.81. The van der Waals surface area contributed by atoms with Gasteiger partial charge in [-0.2, -0.15) is 0 Å². The van der Waals surface area contributed by atoms with Gasteiger partial charge in [0.15, 0.2) is 0 Å². The van der Waals surface area contributed by atoms with E-state index in [1.54, 1.807) is 17.9 Å². The lowest BCUT2D eigenvalue weighted by atomic mass is 10.1. The Morgan fingerprint density at radius 3 is 2.46 bits per heavy atom. The second kappa shape index (κ2) is 11.2. The Hall–Kier alpha value is -1.85. The van der Waals surface area contributed by atoms with Crippen molar-refractivity contribution in [2.24, 2.45) is 0 Å². The summed E-state index contributed by atoms with van der Waals surface area (Å²) in [6.07, 6.45) is 2.07. The fourth-order valence-corrected chi connectivity index (χ4v) is 3.28. The zero-order valence-corrected chi connectivity index (χ0v) is 18.6. The van der Waals surface area contributed by atoms with Crippen LogP contribution >= 0.6 is 27.5 Å². The highest BCUT2D eigenvalue weighted by Gasteiger charge is 2.26. The first-order chi connectivity index (χ1) is 13.4. The average molecular weight is 466 g/mol. The SMILES string of the molecule is CCCCNC(=O)[C@H](C)N(Cc1ccc(Br)cc1)C(=O)Cc1ccccc1Cl. The lowest BCUT2D eigenvalue weighted by Crippen LogP contribution is -2.48. The summed E-state index contributed by atoms with van der Waals surface area (Å²) in [4.78, 5) is 27.3. The number of hydrogen-bond acceptors (Lipinski definition) is 2.